The molecule has 0 aliphatic rings. The molecule has 0 N–H and O–H groups in total. The Morgan fingerprint density at radius 3 is 0.813 bits per heavy atom. The minimum atomic E-state index is -0.780. The Bertz CT molecular complexity index is 1300. The molecule has 1 atom stereocenters. The smallest absolute Gasteiger partial charge is 0.306 e. The summed E-state index contributed by atoms with van der Waals surface area (Å²) in [6.45, 7) is 6.59. The van der Waals surface area contributed by atoms with Gasteiger partial charge >= 0.3 is 17.9 Å². The number of hydrogen-bond acceptors (Lipinski definition) is 6. The second-order valence-corrected chi connectivity index (χ2v) is 22.4. The fourth-order valence-corrected chi connectivity index (χ4v) is 9.81. The van der Waals surface area contributed by atoms with Crippen LogP contribution in [0.15, 0.2) is 48.6 Å². The molecule has 6 nitrogen and oxygen atoms in total. The lowest BCUT2D eigenvalue weighted by molar-refractivity contribution is -0.167. The van der Waals surface area contributed by atoms with Gasteiger partial charge in [0.05, 0.1) is 0 Å². The number of allylic oxidation sites excluding steroid dienone is 8. The van der Waals surface area contributed by atoms with E-state index in [2.05, 4.69) is 69.4 Å². The molecule has 0 saturated heterocycles. The first-order chi connectivity index (χ1) is 37.0. The van der Waals surface area contributed by atoms with E-state index in [-0.39, 0.29) is 31.1 Å². The van der Waals surface area contributed by atoms with Gasteiger partial charge in [-0.2, -0.15) is 0 Å². The molecule has 438 valence electrons. The van der Waals surface area contributed by atoms with E-state index in [1.807, 2.05) is 0 Å². The minimum absolute atomic E-state index is 0.0758. The summed E-state index contributed by atoms with van der Waals surface area (Å²) >= 11 is 0. The Morgan fingerprint density at radius 1 is 0.267 bits per heavy atom. The molecule has 0 spiro atoms. The number of ether oxygens (including phenoxy) is 3. The van der Waals surface area contributed by atoms with Crippen molar-refractivity contribution >= 4 is 17.9 Å². The Balaban J connectivity index is 4.25. The maximum absolute atomic E-state index is 12.9. The summed E-state index contributed by atoms with van der Waals surface area (Å²) in [7, 11) is 0. The van der Waals surface area contributed by atoms with Gasteiger partial charge in [-0.3, -0.25) is 14.4 Å². The van der Waals surface area contributed by atoms with Crippen molar-refractivity contribution in [2.45, 2.75) is 361 Å². The molecule has 0 aromatic carbocycles. The standard InChI is InChI=1S/C69H126O6/c1-4-7-10-13-16-19-22-25-27-29-31-32-33-34-35-36-38-39-41-44-47-50-53-56-59-62-68(71)74-65-66(64-73-67(70)61-58-55-52-49-46-43-24-21-18-15-12-9-6-3)75-69(72)63-60-57-54-51-48-45-42-40-37-30-28-26-23-20-17-14-11-8-5-2/h12,15,17,20-21,24,26,28,66H,4-11,13-14,16,18-19,22-23,25,27,29-65H2,1-3H3/b15-12-,20-17-,24-21-,28-26-. The Morgan fingerprint density at radius 2 is 0.507 bits per heavy atom. The molecule has 0 amide bonds. The fourth-order valence-electron chi connectivity index (χ4n) is 9.81. The van der Waals surface area contributed by atoms with Crippen LogP contribution in [0.2, 0.25) is 0 Å². The van der Waals surface area contributed by atoms with Crippen molar-refractivity contribution in [3.8, 4) is 0 Å². The van der Waals surface area contributed by atoms with Gasteiger partial charge in [0, 0.05) is 19.3 Å². The third kappa shape index (κ3) is 62.1. The zero-order valence-electron chi connectivity index (χ0n) is 50.3. The first-order valence-electron chi connectivity index (χ1n) is 33.1. The van der Waals surface area contributed by atoms with Crippen molar-refractivity contribution < 1.29 is 28.6 Å². The van der Waals surface area contributed by atoms with Crippen LogP contribution in [0.3, 0.4) is 0 Å². The lowest BCUT2D eigenvalue weighted by Crippen LogP contribution is -2.30. The van der Waals surface area contributed by atoms with E-state index in [0.29, 0.717) is 19.3 Å². The van der Waals surface area contributed by atoms with E-state index in [9.17, 15) is 14.4 Å². The molecule has 0 aromatic heterocycles. The summed E-state index contributed by atoms with van der Waals surface area (Å²) in [5.74, 6) is -0.874. The van der Waals surface area contributed by atoms with Gasteiger partial charge in [0.25, 0.3) is 0 Å². The molecule has 0 aliphatic heterocycles. The summed E-state index contributed by atoms with van der Waals surface area (Å²) in [6.07, 6.45) is 79.9. The molecule has 1 unspecified atom stereocenters. The fraction of sp³-hybridized carbons (Fsp3) is 0.841. The van der Waals surface area contributed by atoms with Gasteiger partial charge < -0.3 is 14.2 Å². The van der Waals surface area contributed by atoms with E-state index in [4.69, 9.17) is 14.2 Å². The van der Waals surface area contributed by atoms with Crippen molar-refractivity contribution in [1.29, 1.82) is 0 Å². The highest BCUT2D eigenvalue weighted by molar-refractivity contribution is 5.71. The monoisotopic (exact) mass is 1050 g/mol. The van der Waals surface area contributed by atoms with E-state index in [1.54, 1.807) is 0 Å². The third-order valence-corrected chi connectivity index (χ3v) is 14.8. The van der Waals surface area contributed by atoms with Gasteiger partial charge in [-0.25, -0.2) is 0 Å². The summed E-state index contributed by atoms with van der Waals surface area (Å²) in [4.78, 5) is 38.3. The molecule has 0 radical (unpaired) electrons. The van der Waals surface area contributed by atoms with Crippen LogP contribution in [-0.4, -0.2) is 37.2 Å². The summed E-state index contributed by atoms with van der Waals surface area (Å²) in [6, 6.07) is 0. The van der Waals surface area contributed by atoms with Gasteiger partial charge in [0.1, 0.15) is 13.2 Å². The number of rotatable bonds is 61. The average Bonchev–Trinajstić information content (AvgIpc) is 3.41. The van der Waals surface area contributed by atoms with Crippen molar-refractivity contribution in [2.75, 3.05) is 13.2 Å². The third-order valence-electron chi connectivity index (χ3n) is 14.8. The molecular formula is C69H126O6. The zero-order valence-corrected chi connectivity index (χ0v) is 50.3. The van der Waals surface area contributed by atoms with Crippen molar-refractivity contribution in [3.63, 3.8) is 0 Å². The summed E-state index contributed by atoms with van der Waals surface area (Å²) < 4.78 is 16.9. The van der Waals surface area contributed by atoms with Crippen molar-refractivity contribution in [2.24, 2.45) is 0 Å². The van der Waals surface area contributed by atoms with Crippen LogP contribution in [0.5, 0.6) is 0 Å². The van der Waals surface area contributed by atoms with Crippen molar-refractivity contribution in [1.82, 2.24) is 0 Å². The van der Waals surface area contributed by atoms with Crippen LogP contribution in [0, 0.1) is 0 Å². The first-order valence-corrected chi connectivity index (χ1v) is 33.1. The Kier molecular flexibility index (Phi) is 61.7. The van der Waals surface area contributed by atoms with Crippen molar-refractivity contribution in [3.05, 3.63) is 48.6 Å². The van der Waals surface area contributed by atoms with E-state index in [0.717, 1.165) is 89.9 Å². The Hall–Kier alpha value is -2.63. The minimum Gasteiger partial charge on any atom is -0.462 e. The zero-order chi connectivity index (χ0) is 54.3. The lowest BCUT2D eigenvalue weighted by Gasteiger charge is -2.18. The van der Waals surface area contributed by atoms with Crippen LogP contribution in [-0.2, 0) is 28.6 Å². The quantitative estimate of drug-likeness (QED) is 0.0261. The average molecular weight is 1050 g/mol. The highest BCUT2D eigenvalue weighted by Gasteiger charge is 2.19. The summed E-state index contributed by atoms with van der Waals surface area (Å²) in [5, 5.41) is 0. The van der Waals surface area contributed by atoms with Gasteiger partial charge in [-0.1, -0.05) is 307 Å². The molecule has 6 heteroatoms. The molecule has 0 aliphatic carbocycles. The number of unbranched alkanes of at least 4 members (excludes halogenated alkanes) is 42. The van der Waals surface area contributed by atoms with Gasteiger partial charge in [-0.05, 0) is 77.0 Å². The van der Waals surface area contributed by atoms with Gasteiger partial charge in [0.2, 0.25) is 0 Å². The van der Waals surface area contributed by atoms with Crippen LogP contribution in [0.1, 0.15) is 355 Å². The maximum atomic E-state index is 12.9. The number of carbonyl (C=O) groups is 3. The predicted molar refractivity (Wildman–Crippen MR) is 325 cm³/mol. The summed E-state index contributed by atoms with van der Waals surface area (Å²) in [5.41, 5.74) is 0. The van der Waals surface area contributed by atoms with E-state index < -0.39 is 6.10 Å². The van der Waals surface area contributed by atoms with Crippen LogP contribution < -0.4 is 0 Å². The highest BCUT2D eigenvalue weighted by atomic mass is 16.6. The number of esters is 3. The molecule has 0 saturated carbocycles. The molecular weight excluding hydrogens is 925 g/mol. The van der Waals surface area contributed by atoms with Gasteiger partial charge in [-0.15, -0.1) is 0 Å². The van der Waals surface area contributed by atoms with Crippen LogP contribution in [0.4, 0.5) is 0 Å². The van der Waals surface area contributed by atoms with Gasteiger partial charge in [0.15, 0.2) is 6.10 Å². The molecule has 0 aromatic rings. The second-order valence-electron chi connectivity index (χ2n) is 22.4. The predicted octanol–water partition coefficient (Wildman–Crippen LogP) is 22.6. The topological polar surface area (TPSA) is 78.9 Å². The largest absolute Gasteiger partial charge is 0.462 e. The molecule has 0 heterocycles. The van der Waals surface area contributed by atoms with E-state index >= 15 is 0 Å². The second kappa shape index (κ2) is 63.9. The number of carbonyl (C=O) groups excluding carboxylic acids is 3. The molecule has 0 bridgehead atoms. The van der Waals surface area contributed by atoms with Crippen LogP contribution in [0.25, 0.3) is 0 Å². The molecule has 0 fully saturated rings. The van der Waals surface area contributed by atoms with E-state index in [1.165, 1.54) is 225 Å². The normalized spacial score (nSPS) is 12.3. The number of hydrogen-bond donors (Lipinski definition) is 0. The SMILES string of the molecule is CCC/C=C\C/C=C\CCCCCCCC(=O)OCC(COC(=O)CCCCCCCCCCCCCCCCCCCCCCCCCCC)OC(=O)CCCCCCCCCCC/C=C\C/C=C\CCCCC. The first kappa shape index (κ1) is 72.4. The highest BCUT2D eigenvalue weighted by Crippen LogP contribution is 2.18. The lowest BCUT2D eigenvalue weighted by atomic mass is 10.0. The Labute approximate surface area is 467 Å². The molecule has 0 rings (SSSR count). The maximum Gasteiger partial charge on any atom is 0.306 e. The molecule has 75 heavy (non-hydrogen) atoms. The van der Waals surface area contributed by atoms with Crippen LogP contribution >= 0.6 is 0 Å².